The first-order valence-corrected chi connectivity index (χ1v) is 11.4. The Morgan fingerprint density at radius 3 is 2.59 bits per heavy atom. The van der Waals surface area contributed by atoms with Crippen LogP contribution in [0.2, 0.25) is 0 Å². The Hall–Kier alpha value is -3.22. The number of hydrogen-bond acceptors (Lipinski definition) is 5. The molecule has 2 heterocycles. The lowest BCUT2D eigenvalue weighted by atomic mass is 9.76. The first kappa shape index (κ1) is 20.7. The van der Waals surface area contributed by atoms with Crippen LogP contribution < -0.4 is 0 Å². The molecule has 5 rings (SSSR count). The minimum absolute atomic E-state index is 0.00825. The maximum atomic E-state index is 12.2. The molecule has 1 atom stereocenters. The number of ether oxygens (including phenoxy) is 1. The summed E-state index contributed by atoms with van der Waals surface area (Å²) in [5.74, 6) is 0.983. The number of aromatic nitrogens is 1. The smallest absolute Gasteiger partial charge is 0.409 e. The second kappa shape index (κ2) is 8.37. The zero-order chi connectivity index (χ0) is 22.2. The number of nitrogens with zero attached hydrogens (tertiary/aromatic N) is 3. The molecule has 166 valence electrons. The van der Waals surface area contributed by atoms with E-state index in [2.05, 4.69) is 29.3 Å². The van der Waals surface area contributed by atoms with Gasteiger partial charge in [-0.25, -0.2) is 4.79 Å². The van der Waals surface area contributed by atoms with Gasteiger partial charge in [0.05, 0.1) is 17.2 Å². The van der Waals surface area contributed by atoms with E-state index in [1.165, 1.54) is 35.7 Å². The molecule has 1 saturated heterocycles. The Labute approximate surface area is 187 Å². The molecule has 2 aliphatic carbocycles. The van der Waals surface area contributed by atoms with E-state index in [1.54, 1.807) is 11.0 Å². The number of benzene rings is 1. The molecule has 0 N–H and O–H groups in total. The van der Waals surface area contributed by atoms with Crippen molar-refractivity contribution >= 4 is 23.9 Å². The number of nitro groups is 1. The monoisotopic (exact) mass is 433 g/mol. The van der Waals surface area contributed by atoms with E-state index in [9.17, 15) is 14.9 Å². The number of pyridine rings is 1. The van der Waals surface area contributed by atoms with Crippen LogP contribution in [0.1, 0.15) is 72.4 Å². The topological polar surface area (TPSA) is 85.6 Å². The van der Waals surface area contributed by atoms with Gasteiger partial charge in [-0.3, -0.25) is 15.1 Å². The molecular weight excluding hydrogens is 406 g/mol. The average Bonchev–Trinajstić information content (AvgIpc) is 3.65. The third kappa shape index (κ3) is 3.87. The molecule has 1 aromatic carbocycles. The van der Waals surface area contributed by atoms with Crippen molar-refractivity contribution in [1.82, 2.24) is 9.88 Å². The Morgan fingerprint density at radius 2 is 1.91 bits per heavy atom. The van der Waals surface area contributed by atoms with Crippen LogP contribution >= 0.6 is 0 Å². The van der Waals surface area contributed by atoms with Crippen molar-refractivity contribution in [1.29, 1.82) is 0 Å². The molecular formula is C25H27N3O4. The fraction of sp³-hybridized carbons (Fsp3) is 0.440. The van der Waals surface area contributed by atoms with Gasteiger partial charge in [0, 0.05) is 30.6 Å². The molecule has 7 heteroatoms. The molecule has 1 unspecified atom stereocenters. The van der Waals surface area contributed by atoms with Crippen molar-refractivity contribution in [3.05, 3.63) is 68.5 Å². The Morgan fingerprint density at radius 1 is 1.16 bits per heavy atom. The van der Waals surface area contributed by atoms with Crippen molar-refractivity contribution in [2.75, 3.05) is 19.7 Å². The summed E-state index contributed by atoms with van der Waals surface area (Å²) in [4.78, 5) is 29.5. The summed E-state index contributed by atoms with van der Waals surface area (Å²) in [6.07, 6.45) is 9.33. The number of carbonyl (C=O) groups excluding carboxylic acids is 1. The number of rotatable bonds is 4. The van der Waals surface area contributed by atoms with E-state index in [1.807, 2.05) is 13.0 Å². The number of likely N-dealkylation sites (tertiary alicyclic amines) is 1. The highest BCUT2D eigenvalue weighted by Crippen LogP contribution is 2.46. The lowest BCUT2D eigenvalue weighted by molar-refractivity contribution is -0.385. The van der Waals surface area contributed by atoms with E-state index in [0.29, 0.717) is 31.5 Å². The molecule has 1 aliphatic heterocycles. The predicted octanol–water partition coefficient (Wildman–Crippen LogP) is 5.35. The van der Waals surface area contributed by atoms with Gasteiger partial charge in [-0.15, -0.1) is 0 Å². The summed E-state index contributed by atoms with van der Waals surface area (Å²) in [6.45, 7) is 3.48. The van der Waals surface area contributed by atoms with Crippen molar-refractivity contribution in [3.8, 4) is 0 Å². The molecule has 0 bridgehead atoms. The van der Waals surface area contributed by atoms with Crippen LogP contribution in [0.3, 0.4) is 0 Å². The zero-order valence-corrected chi connectivity index (χ0v) is 18.2. The number of amides is 1. The van der Waals surface area contributed by atoms with Crippen LogP contribution in [-0.4, -0.2) is 40.6 Å². The SMILES string of the molecule is CCOC(=O)N1CCC(C2c3ccc(C4CC4)cc3C=Cc3cc([N+](=O)[O-])cnc32)CC1. The van der Waals surface area contributed by atoms with Crippen molar-refractivity contribution in [2.45, 2.75) is 44.4 Å². The molecule has 2 fully saturated rings. The van der Waals surface area contributed by atoms with Crippen LogP contribution in [-0.2, 0) is 4.74 Å². The van der Waals surface area contributed by atoms with E-state index >= 15 is 0 Å². The highest BCUT2D eigenvalue weighted by Gasteiger charge is 2.35. The molecule has 3 aliphatic rings. The summed E-state index contributed by atoms with van der Waals surface area (Å²) in [5, 5.41) is 11.3. The first-order valence-electron chi connectivity index (χ1n) is 11.4. The highest BCUT2D eigenvalue weighted by molar-refractivity contribution is 5.77. The summed E-state index contributed by atoms with van der Waals surface area (Å²) < 4.78 is 5.17. The van der Waals surface area contributed by atoms with Gasteiger partial charge in [-0.1, -0.05) is 30.4 Å². The van der Waals surface area contributed by atoms with Gasteiger partial charge < -0.3 is 9.64 Å². The second-order valence-electron chi connectivity index (χ2n) is 8.92. The summed E-state index contributed by atoms with van der Waals surface area (Å²) in [5.41, 5.74) is 5.47. The number of carbonyl (C=O) groups is 1. The lowest BCUT2D eigenvalue weighted by Gasteiger charge is -2.36. The fourth-order valence-corrected chi connectivity index (χ4v) is 5.10. The van der Waals surface area contributed by atoms with Crippen molar-refractivity contribution < 1.29 is 14.5 Å². The van der Waals surface area contributed by atoms with Gasteiger partial charge in [-0.05, 0) is 61.1 Å². The van der Waals surface area contributed by atoms with Crippen molar-refractivity contribution in [3.63, 3.8) is 0 Å². The van der Waals surface area contributed by atoms with E-state index in [0.717, 1.165) is 24.1 Å². The van der Waals surface area contributed by atoms with Gasteiger partial charge in [0.25, 0.3) is 5.69 Å². The quantitative estimate of drug-likeness (QED) is 0.479. The molecule has 1 aromatic heterocycles. The van der Waals surface area contributed by atoms with Crippen molar-refractivity contribution in [2.24, 2.45) is 5.92 Å². The standard InChI is InChI=1S/C25H27N3O4/c1-2-32-25(29)27-11-9-17(10-12-27)23-22-8-7-18(16-3-4-16)13-19(22)5-6-20-14-21(28(30)31)15-26-24(20)23/h5-8,13-17,23H,2-4,9-12H2,1H3. The summed E-state index contributed by atoms with van der Waals surface area (Å²) >= 11 is 0. The van der Waals surface area contributed by atoms with Gasteiger partial charge in [0.2, 0.25) is 0 Å². The van der Waals surface area contributed by atoms with Gasteiger partial charge in [0.15, 0.2) is 0 Å². The van der Waals surface area contributed by atoms with Gasteiger partial charge in [-0.2, -0.15) is 0 Å². The number of hydrogen-bond donors (Lipinski definition) is 0. The van der Waals surface area contributed by atoms with Gasteiger partial charge in [0.1, 0.15) is 6.20 Å². The molecule has 0 spiro atoms. The number of piperidine rings is 1. The molecule has 1 amide bonds. The van der Waals surface area contributed by atoms with Crippen LogP contribution in [0.4, 0.5) is 10.5 Å². The lowest BCUT2D eigenvalue weighted by Crippen LogP contribution is -2.40. The van der Waals surface area contributed by atoms with Gasteiger partial charge >= 0.3 is 6.09 Å². The maximum absolute atomic E-state index is 12.2. The van der Waals surface area contributed by atoms with Crippen LogP contribution in [0.25, 0.3) is 12.2 Å². The first-order chi connectivity index (χ1) is 15.5. The molecule has 2 aromatic rings. The molecule has 1 saturated carbocycles. The van der Waals surface area contributed by atoms with Crippen LogP contribution in [0.5, 0.6) is 0 Å². The van der Waals surface area contributed by atoms with Crippen LogP contribution in [0.15, 0.2) is 30.5 Å². The third-order valence-corrected chi connectivity index (χ3v) is 6.91. The minimum Gasteiger partial charge on any atom is -0.450 e. The third-order valence-electron chi connectivity index (χ3n) is 6.91. The maximum Gasteiger partial charge on any atom is 0.409 e. The Kier molecular flexibility index (Phi) is 5.41. The zero-order valence-electron chi connectivity index (χ0n) is 18.2. The summed E-state index contributed by atoms with van der Waals surface area (Å²) in [7, 11) is 0. The number of fused-ring (bicyclic) bond motifs is 2. The van der Waals surface area contributed by atoms with E-state index < -0.39 is 4.92 Å². The van der Waals surface area contributed by atoms with E-state index in [-0.39, 0.29) is 17.7 Å². The predicted molar refractivity (Wildman–Crippen MR) is 121 cm³/mol. The second-order valence-corrected chi connectivity index (χ2v) is 8.92. The Bertz CT molecular complexity index is 1080. The van der Waals surface area contributed by atoms with E-state index in [4.69, 9.17) is 4.74 Å². The molecule has 7 nitrogen and oxygen atoms in total. The Balaban J connectivity index is 1.51. The highest BCUT2D eigenvalue weighted by atomic mass is 16.6. The molecule has 0 radical (unpaired) electrons. The largest absolute Gasteiger partial charge is 0.450 e. The molecule has 32 heavy (non-hydrogen) atoms. The average molecular weight is 434 g/mol. The summed E-state index contributed by atoms with van der Waals surface area (Å²) in [6, 6.07) is 8.38. The normalized spacial score (nSPS) is 20.3. The minimum atomic E-state index is -0.392. The van der Waals surface area contributed by atoms with Crippen LogP contribution in [0, 0.1) is 16.0 Å². The fourth-order valence-electron chi connectivity index (χ4n) is 5.10.